The van der Waals surface area contributed by atoms with E-state index in [0.717, 1.165) is 42.9 Å². The summed E-state index contributed by atoms with van der Waals surface area (Å²) in [5.41, 5.74) is 1.02. The smallest absolute Gasteiger partial charge is 0.410 e. The molecule has 1 N–H and O–H groups in total. The highest BCUT2D eigenvalue weighted by Crippen LogP contribution is 2.43. The zero-order valence-corrected chi connectivity index (χ0v) is 21.0. The Morgan fingerprint density at radius 1 is 1.00 bits per heavy atom. The summed E-state index contributed by atoms with van der Waals surface area (Å²) in [4.78, 5) is 67.4. The summed E-state index contributed by atoms with van der Waals surface area (Å²) in [6, 6.07) is 4.29. The fourth-order valence-electron chi connectivity index (χ4n) is 5.71. The van der Waals surface area contributed by atoms with E-state index in [4.69, 9.17) is 4.74 Å². The van der Waals surface area contributed by atoms with Crippen LogP contribution in [0.15, 0.2) is 18.2 Å². The Hall–Kier alpha value is -3.43. The van der Waals surface area contributed by atoms with Gasteiger partial charge < -0.3 is 14.5 Å². The van der Waals surface area contributed by atoms with Gasteiger partial charge >= 0.3 is 6.09 Å². The Morgan fingerprint density at radius 3 is 2.33 bits per heavy atom. The minimum Gasteiger partial charge on any atom is -0.444 e. The first-order chi connectivity index (χ1) is 17.0. The van der Waals surface area contributed by atoms with Crippen molar-refractivity contribution >= 4 is 35.4 Å². The molecule has 4 heterocycles. The second-order valence-electron chi connectivity index (χ2n) is 11.3. The van der Waals surface area contributed by atoms with Crippen molar-refractivity contribution in [2.45, 2.75) is 64.5 Å². The average Bonchev–Trinajstić information content (AvgIpc) is 3.32. The van der Waals surface area contributed by atoms with E-state index in [9.17, 15) is 24.0 Å². The van der Waals surface area contributed by atoms with Crippen molar-refractivity contribution in [3.63, 3.8) is 0 Å². The molecule has 10 nitrogen and oxygen atoms in total. The molecule has 5 amide bonds. The Labute approximate surface area is 209 Å². The largest absolute Gasteiger partial charge is 0.444 e. The molecule has 192 valence electrons. The highest BCUT2D eigenvalue weighted by Gasteiger charge is 2.46. The Bertz CT molecular complexity index is 1150. The standard InChI is InChI=1S/C26H32N4O6/c1-25(2,3)36-24(35)28-11-8-26(9-12-28)10-13-29(15-26)16-4-5-17-18(14-16)23(34)30(22(17)33)19-6-7-20(31)27-21(19)32/h4-5,14,19H,6-13,15H2,1-3H3,(H,27,31,32). The van der Waals surface area contributed by atoms with E-state index >= 15 is 0 Å². The van der Waals surface area contributed by atoms with Crippen LogP contribution in [-0.2, 0) is 14.3 Å². The fourth-order valence-corrected chi connectivity index (χ4v) is 5.71. The lowest BCUT2D eigenvalue weighted by Crippen LogP contribution is -2.54. The number of ether oxygens (including phenoxy) is 1. The van der Waals surface area contributed by atoms with Gasteiger partial charge in [-0.25, -0.2) is 4.79 Å². The van der Waals surface area contributed by atoms with Gasteiger partial charge in [0.05, 0.1) is 11.1 Å². The van der Waals surface area contributed by atoms with Crippen molar-refractivity contribution in [1.82, 2.24) is 15.1 Å². The number of benzene rings is 1. The molecular weight excluding hydrogens is 464 g/mol. The van der Waals surface area contributed by atoms with Crippen molar-refractivity contribution in [3.05, 3.63) is 29.3 Å². The van der Waals surface area contributed by atoms with Crippen molar-refractivity contribution in [2.24, 2.45) is 5.41 Å². The first-order valence-electron chi connectivity index (χ1n) is 12.5. The number of nitrogens with one attached hydrogen (secondary N) is 1. The van der Waals surface area contributed by atoms with E-state index in [1.165, 1.54) is 0 Å². The Kier molecular flexibility index (Phi) is 5.80. The highest BCUT2D eigenvalue weighted by molar-refractivity contribution is 6.23. The SMILES string of the molecule is CC(C)(C)OC(=O)N1CCC2(CC1)CCN(c1ccc3c(c1)C(=O)N(C1CCC(=O)NC1=O)C3=O)C2. The van der Waals surface area contributed by atoms with Crippen LogP contribution in [0.5, 0.6) is 0 Å². The lowest BCUT2D eigenvalue weighted by Gasteiger charge is -2.39. The average molecular weight is 497 g/mol. The Balaban J connectivity index is 1.26. The monoisotopic (exact) mass is 496 g/mol. The highest BCUT2D eigenvalue weighted by atomic mass is 16.6. The van der Waals surface area contributed by atoms with Crippen LogP contribution >= 0.6 is 0 Å². The predicted molar refractivity (Wildman–Crippen MR) is 129 cm³/mol. The maximum absolute atomic E-state index is 13.2. The summed E-state index contributed by atoms with van der Waals surface area (Å²) in [7, 11) is 0. The lowest BCUT2D eigenvalue weighted by atomic mass is 9.78. The van der Waals surface area contributed by atoms with Gasteiger partial charge in [-0.1, -0.05) is 0 Å². The molecule has 0 bridgehead atoms. The summed E-state index contributed by atoms with van der Waals surface area (Å²) in [5.74, 6) is -2.00. The van der Waals surface area contributed by atoms with E-state index in [2.05, 4.69) is 10.2 Å². The van der Waals surface area contributed by atoms with Crippen LogP contribution in [0.3, 0.4) is 0 Å². The number of carbonyl (C=O) groups excluding carboxylic acids is 5. The molecule has 4 aliphatic heterocycles. The third kappa shape index (κ3) is 4.33. The number of rotatable bonds is 2. The number of likely N-dealkylation sites (tertiary alicyclic amines) is 1. The van der Waals surface area contributed by atoms with Crippen LogP contribution in [0.1, 0.15) is 73.6 Å². The molecule has 3 saturated heterocycles. The molecule has 1 unspecified atom stereocenters. The van der Waals surface area contributed by atoms with Crippen LogP contribution in [0, 0.1) is 5.41 Å². The third-order valence-electron chi connectivity index (χ3n) is 7.70. The van der Waals surface area contributed by atoms with Gasteiger partial charge in [-0.2, -0.15) is 0 Å². The van der Waals surface area contributed by atoms with Gasteiger partial charge in [0.25, 0.3) is 11.8 Å². The number of piperidine rings is 2. The Morgan fingerprint density at radius 2 is 1.67 bits per heavy atom. The molecule has 4 aliphatic rings. The molecule has 5 rings (SSSR count). The van der Waals surface area contributed by atoms with Crippen molar-refractivity contribution in [2.75, 3.05) is 31.1 Å². The quantitative estimate of drug-likeness (QED) is 0.625. The van der Waals surface area contributed by atoms with Gasteiger partial charge in [0.15, 0.2) is 0 Å². The van der Waals surface area contributed by atoms with Gasteiger partial charge in [-0.05, 0) is 70.1 Å². The third-order valence-corrected chi connectivity index (χ3v) is 7.70. The molecule has 1 aromatic rings. The number of imide groups is 2. The van der Waals surface area contributed by atoms with Crippen LogP contribution < -0.4 is 10.2 Å². The molecule has 0 radical (unpaired) electrons. The van der Waals surface area contributed by atoms with Crippen LogP contribution in [0.25, 0.3) is 0 Å². The number of amides is 5. The van der Waals surface area contributed by atoms with Gasteiger partial charge in [-0.3, -0.25) is 29.4 Å². The normalized spacial score (nSPS) is 23.9. The van der Waals surface area contributed by atoms with E-state index in [0.29, 0.717) is 18.7 Å². The first-order valence-corrected chi connectivity index (χ1v) is 12.5. The van der Waals surface area contributed by atoms with Crippen LogP contribution in [0.2, 0.25) is 0 Å². The number of carbonyl (C=O) groups is 5. The van der Waals surface area contributed by atoms with Crippen molar-refractivity contribution in [1.29, 1.82) is 0 Å². The second kappa shape index (κ2) is 8.60. The first kappa shape index (κ1) is 24.3. The van der Waals surface area contributed by atoms with Crippen molar-refractivity contribution < 1.29 is 28.7 Å². The summed E-state index contributed by atoms with van der Waals surface area (Å²) in [6.45, 7) is 8.54. The minimum atomic E-state index is -0.969. The maximum atomic E-state index is 13.2. The van der Waals surface area contributed by atoms with Gasteiger partial charge in [0, 0.05) is 38.3 Å². The van der Waals surface area contributed by atoms with Gasteiger partial charge in [0.1, 0.15) is 11.6 Å². The molecule has 10 heteroatoms. The number of fused-ring (bicyclic) bond motifs is 1. The summed E-state index contributed by atoms with van der Waals surface area (Å²) in [6.07, 6.45) is 2.72. The topological polar surface area (TPSA) is 116 Å². The second-order valence-corrected chi connectivity index (χ2v) is 11.3. The van der Waals surface area contributed by atoms with Gasteiger partial charge in [0.2, 0.25) is 11.8 Å². The molecule has 0 saturated carbocycles. The molecule has 1 atom stereocenters. The molecular formula is C26H32N4O6. The zero-order chi connectivity index (χ0) is 25.8. The van der Waals surface area contributed by atoms with E-state index in [1.807, 2.05) is 26.8 Å². The molecule has 1 spiro atoms. The number of nitrogens with zero attached hydrogens (tertiary/aromatic N) is 3. The maximum Gasteiger partial charge on any atom is 0.410 e. The van der Waals surface area contributed by atoms with E-state index in [1.54, 1.807) is 17.0 Å². The molecule has 3 fully saturated rings. The molecule has 0 aliphatic carbocycles. The summed E-state index contributed by atoms with van der Waals surface area (Å²) in [5, 5.41) is 2.22. The van der Waals surface area contributed by atoms with Crippen LogP contribution in [-0.4, -0.2) is 77.3 Å². The van der Waals surface area contributed by atoms with Crippen molar-refractivity contribution in [3.8, 4) is 0 Å². The summed E-state index contributed by atoms with van der Waals surface area (Å²) >= 11 is 0. The fraction of sp³-hybridized carbons (Fsp3) is 0.577. The number of anilines is 1. The van der Waals surface area contributed by atoms with E-state index in [-0.39, 0.29) is 29.9 Å². The predicted octanol–water partition coefficient (Wildman–Crippen LogP) is 2.32. The minimum absolute atomic E-state index is 0.0934. The zero-order valence-electron chi connectivity index (χ0n) is 21.0. The number of hydrogen-bond donors (Lipinski definition) is 1. The van der Waals surface area contributed by atoms with E-state index < -0.39 is 35.3 Å². The molecule has 36 heavy (non-hydrogen) atoms. The molecule has 1 aromatic carbocycles. The summed E-state index contributed by atoms with van der Waals surface area (Å²) < 4.78 is 5.52. The lowest BCUT2D eigenvalue weighted by molar-refractivity contribution is -0.136. The van der Waals surface area contributed by atoms with Gasteiger partial charge in [-0.15, -0.1) is 0 Å². The number of hydrogen-bond acceptors (Lipinski definition) is 7. The van der Waals surface area contributed by atoms with Crippen LogP contribution in [0.4, 0.5) is 10.5 Å². The molecule has 0 aromatic heterocycles.